The van der Waals surface area contributed by atoms with Gasteiger partial charge in [-0.1, -0.05) is 18.2 Å². The zero-order valence-corrected chi connectivity index (χ0v) is 12.2. The summed E-state index contributed by atoms with van der Waals surface area (Å²) >= 11 is 0. The maximum Gasteiger partial charge on any atom is 0.338 e. The lowest BCUT2D eigenvalue weighted by Gasteiger charge is -2.14. The lowest BCUT2D eigenvalue weighted by molar-refractivity contribution is -0.123. The van der Waals surface area contributed by atoms with Gasteiger partial charge in [0.25, 0.3) is 5.91 Å². The summed E-state index contributed by atoms with van der Waals surface area (Å²) < 4.78 is 18.5. The van der Waals surface area contributed by atoms with E-state index < -0.39 is 23.8 Å². The number of hydrogen-bond donors (Lipinski definition) is 1. The molecular formula is C17H13FN2O3. The Labute approximate surface area is 132 Å². The van der Waals surface area contributed by atoms with Crippen molar-refractivity contribution in [3.8, 4) is 6.07 Å². The summed E-state index contributed by atoms with van der Waals surface area (Å²) in [6.07, 6.45) is -1.12. The minimum Gasteiger partial charge on any atom is -0.449 e. The van der Waals surface area contributed by atoms with Crippen molar-refractivity contribution in [2.24, 2.45) is 0 Å². The molecule has 2 aromatic carbocycles. The Morgan fingerprint density at radius 3 is 2.65 bits per heavy atom. The van der Waals surface area contributed by atoms with Gasteiger partial charge < -0.3 is 10.1 Å². The van der Waals surface area contributed by atoms with Crippen LogP contribution in [-0.2, 0) is 9.53 Å². The molecule has 2 aromatic rings. The standard InChI is InChI=1S/C17H13FN2O3/c1-11(16(21)20-15-8-3-2-7-14(15)18)23-17(22)13-6-4-5-12(9-13)10-19/h2-9,11H,1H3,(H,20,21)/t11-/m0/s1. The van der Waals surface area contributed by atoms with Gasteiger partial charge in [0, 0.05) is 0 Å². The summed E-state index contributed by atoms with van der Waals surface area (Å²) in [5, 5.41) is 11.1. The molecule has 0 aliphatic carbocycles. The highest BCUT2D eigenvalue weighted by Gasteiger charge is 2.20. The van der Waals surface area contributed by atoms with Crippen LogP contribution in [0.15, 0.2) is 48.5 Å². The Bertz CT molecular complexity index is 783. The Balaban J connectivity index is 2.02. The fraction of sp³-hybridized carbons (Fsp3) is 0.118. The molecular weight excluding hydrogens is 299 g/mol. The number of halogens is 1. The SMILES string of the molecule is C[C@H](OC(=O)c1cccc(C#N)c1)C(=O)Nc1ccccc1F. The predicted octanol–water partition coefficient (Wildman–Crippen LogP) is 2.88. The quantitative estimate of drug-likeness (QED) is 0.880. The van der Waals surface area contributed by atoms with Crippen molar-refractivity contribution in [2.45, 2.75) is 13.0 Å². The molecule has 5 nitrogen and oxygen atoms in total. The van der Waals surface area contributed by atoms with Gasteiger partial charge in [0.05, 0.1) is 22.9 Å². The first-order valence-corrected chi connectivity index (χ1v) is 6.78. The van der Waals surface area contributed by atoms with Gasteiger partial charge in [-0.15, -0.1) is 0 Å². The van der Waals surface area contributed by atoms with Crippen molar-refractivity contribution in [2.75, 3.05) is 5.32 Å². The number of carbonyl (C=O) groups excluding carboxylic acids is 2. The van der Waals surface area contributed by atoms with E-state index in [4.69, 9.17) is 10.00 Å². The van der Waals surface area contributed by atoms with E-state index in [0.717, 1.165) is 0 Å². The minimum absolute atomic E-state index is 0.00637. The normalized spacial score (nSPS) is 11.2. The van der Waals surface area contributed by atoms with E-state index in [9.17, 15) is 14.0 Å². The number of amides is 1. The van der Waals surface area contributed by atoms with E-state index in [-0.39, 0.29) is 11.3 Å². The molecule has 0 spiro atoms. The van der Waals surface area contributed by atoms with E-state index in [1.54, 1.807) is 18.2 Å². The number of esters is 1. The Hall–Kier alpha value is -3.20. The van der Waals surface area contributed by atoms with Crippen molar-refractivity contribution in [1.82, 2.24) is 0 Å². The average molecular weight is 312 g/mol. The van der Waals surface area contributed by atoms with Crippen LogP contribution in [0, 0.1) is 17.1 Å². The summed E-state index contributed by atoms with van der Waals surface area (Å²) in [7, 11) is 0. The minimum atomic E-state index is -1.12. The van der Waals surface area contributed by atoms with Crippen molar-refractivity contribution < 1.29 is 18.7 Å². The monoisotopic (exact) mass is 312 g/mol. The maximum atomic E-state index is 13.5. The highest BCUT2D eigenvalue weighted by molar-refractivity contribution is 5.97. The molecule has 0 radical (unpaired) electrons. The molecule has 1 atom stereocenters. The van der Waals surface area contributed by atoms with Gasteiger partial charge in [0.15, 0.2) is 6.10 Å². The lowest BCUT2D eigenvalue weighted by atomic mass is 10.1. The number of para-hydroxylation sites is 1. The number of hydrogen-bond acceptors (Lipinski definition) is 4. The van der Waals surface area contributed by atoms with E-state index in [1.165, 1.54) is 37.3 Å². The molecule has 0 fully saturated rings. The van der Waals surface area contributed by atoms with Crippen molar-refractivity contribution in [3.05, 3.63) is 65.5 Å². The molecule has 0 aliphatic heterocycles. The van der Waals surface area contributed by atoms with Crippen LogP contribution in [0.5, 0.6) is 0 Å². The lowest BCUT2D eigenvalue weighted by Crippen LogP contribution is -2.30. The summed E-state index contributed by atoms with van der Waals surface area (Å²) in [6, 6.07) is 13.5. The van der Waals surface area contributed by atoms with Crippen LogP contribution >= 0.6 is 0 Å². The number of anilines is 1. The summed E-state index contributed by atoms with van der Waals surface area (Å²) in [6.45, 7) is 1.38. The third kappa shape index (κ3) is 4.14. The molecule has 1 amide bonds. The zero-order valence-electron chi connectivity index (χ0n) is 12.2. The molecule has 2 rings (SSSR count). The fourth-order valence-electron chi connectivity index (χ4n) is 1.79. The topological polar surface area (TPSA) is 79.2 Å². The number of carbonyl (C=O) groups is 2. The molecule has 0 bridgehead atoms. The van der Waals surface area contributed by atoms with Crippen LogP contribution in [0.2, 0.25) is 0 Å². The highest BCUT2D eigenvalue weighted by atomic mass is 19.1. The first kappa shape index (κ1) is 16.2. The summed E-state index contributed by atoms with van der Waals surface area (Å²) in [5.74, 6) is -1.97. The van der Waals surface area contributed by atoms with Gasteiger partial charge in [0.1, 0.15) is 5.82 Å². The van der Waals surface area contributed by atoms with Crippen LogP contribution < -0.4 is 5.32 Å². The van der Waals surface area contributed by atoms with Gasteiger partial charge in [-0.05, 0) is 37.3 Å². The molecule has 1 N–H and O–H groups in total. The number of ether oxygens (including phenoxy) is 1. The van der Waals surface area contributed by atoms with Crippen LogP contribution in [-0.4, -0.2) is 18.0 Å². The van der Waals surface area contributed by atoms with E-state index in [0.29, 0.717) is 5.56 Å². The molecule has 0 heterocycles. The highest BCUT2D eigenvalue weighted by Crippen LogP contribution is 2.14. The Kier molecular flexibility index (Phi) is 5.05. The summed E-state index contributed by atoms with van der Waals surface area (Å²) in [5.41, 5.74) is 0.476. The number of benzene rings is 2. The second kappa shape index (κ2) is 7.18. The van der Waals surface area contributed by atoms with Crippen molar-refractivity contribution >= 4 is 17.6 Å². The Morgan fingerprint density at radius 1 is 1.22 bits per heavy atom. The largest absolute Gasteiger partial charge is 0.449 e. The predicted molar refractivity (Wildman–Crippen MR) is 81.1 cm³/mol. The zero-order chi connectivity index (χ0) is 16.8. The van der Waals surface area contributed by atoms with Crippen LogP contribution in [0.4, 0.5) is 10.1 Å². The third-order valence-electron chi connectivity index (χ3n) is 3.01. The molecule has 23 heavy (non-hydrogen) atoms. The second-order valence-electron chi connectivity index (χ2n) is 4.71. The number of rotatable bonds is 4. The average Bonchev–Trinajstić information content (AvgIpc) is 2.56. The van der Waals surface area contributed by atoms with Gasteiger partial charge in [-0.2, -0.15) is 5.26 Å². The van der Waals surface area contributed by atoms with Crippen LogP contribution in [0.25, 0.3) is 0 Å². The molecule has 0 saturated heterocycles. The fourth-order valence-corrected chi connectivity index (χ4v) is 1.79. The number of nitriles is 1. The molecule has 0 aliphatic rings. The third-order valence-corrected chi connectivity index (χ3v) is 3.01. The Morgan fingerprint density at radius 2 is 1.96 bits per heavy atom. The van der Waals surface area contributed by atoms with Crippen molar-refractivity contribution in [3.63, 3.8) is 0 Å². The maximum absolute atomic E-state index is 13.5. The molecule has 0 aromatic heterocycles. The van der Waals surface area contributed by atoms with E-state index in [1.807, 2.05) is 6.07 Å². The number of nitrogens with zero attached hydrogens (tertiary/aromatic N) is 1. The van der Waals surface area contributed by atoms with Crippen LogP contribution in [0.3, 0.4) is 0 Å². The number of nitrogens with one attached hydrogen (secondary N) is 1. The van der Waals surface area contributed by atoms with Crippen molar-refractivity contribution in [1.29, 1.82) is 5.26 Å². The first-order chi connectivity index (χ1) is 11.0. The van der Waals surface area contributed by atoms with Crippen LogP contribution in [0.1, 0.15) is 22.8 Å². The summed E-state index contributed by atoms with van der Waals surface area (Å²) in [4.78, 5) is 23.9. The second-order valence-corrected chi connectivity index (χ2v) is 4.71. The molecule has 6 heteroatoms. The van der Waals surface area contributed by atoms with Gasteiger partial charge in [-0.3, -0.25) is 4.79 Å². The smallest absolute Gasteiger partial charge is 0.338 e. The van der Waals surface area contributed by atoms with Gasteiger partial charge >= 0.3 is 5.97 Å². The van der Waals surface area contributed by atoms with E-state index in [2.05, 4.69) is 5.32 Å². The molecule has 116 valence electrons. The molecule has 0 saturated carbocycles. The van der Waals surface area contributed by atoms with Gasteiger partial charge in [0.2, 0.25) is 0 Å². The first-order valence-electron chi connectivity index (χ1n) is 6.78. The van der Waals surface area contributed by atoms with Gasteiger partial charge in [-0.25, -0.2) is 9.18 Å². The van der Waals surface area contributed by atoms with E-state index >= 15 is 0 Å². The molecule has 0 unspecified atom stereocenters.